The van der Waals surface area contributed by atoms with Crippen LogP contribution in [0.3, 0.4) is 0 Å². The van der Waals surface area contributed by atoms with Gasteiger partial charge in [-0.3, -0.25) is 4.98 Å². The molecule has 0 bridgehead atoms. The summed E-state index contributed by atoms with van der Waals surface area (Å²) >= 11 is 5.37. The maximum absolute atomic E-state index is 10.4. The zero-order chi connectivity index (χ0) is 6.85. The van der Waals surface area contributed by atoms with Crippen LogP contribution in [-0.4, -0.2) is 9.97 Å². The number of nitrogens with two attached hydrogens (primary N) is 1. The summed E-state index contributed by atoms with van der Waals surface area (Å²) in [7, 11) is 0. The molecule has 48 valence electrons. The summed E-state index contributed by atoms with van der Waals surface area (Å²) in [4.78, 5) is 15.9. The van der Waals surface area contributed by atoms with Crippen molar-refractivity contribution in [3.63, 3.8) is 0 Å². The Labute approximate surface area is 55.7 Å². The minimum absolute atomic E-state index is 0.128. The van der Waals surface area contributed by atoms with Crippen LogP contribution >= 0.6 is 11.6 Å². The largest absolute Gasteiger partial charge is 0.383 e. The fraction of sp³-hybridized carbons (Fsp3) is 0. The van der Waals surface area contributed by atoms with Gasteiger partial charge in [0.25, 0.3) is 0 Å². The fourth-order valence-electron chi connectivity index (χ4n) is 0.446. The highest BCUT2D eigenvalue weighted by molar-refractivity contribution is 6.29. The standard InChI is InChI=1S/C4H4ClN3O/c5-2-1-3(6)8-4(9)7-2/h1H,(H3,6,7,8,9). The average molecular weight is 146 g/mol. The van der Waals surface area contributed by atoms with Crippen molar-refractivity contribution < 1.29 is 0 Å². The highest BCUT2D eigenvalue weighted by Gasteiger charge is 1.90. The zero-order valence-corrected chi connectivity index (χ0v) is 5.14. The Bertz CT molecular complexity index is 246. The molecule has 0 saturated carbocycles. The van der Waals surface area contributed by atoms with E-state index in [1.807, 2.05) is 0 Å². The van der Waals surface area contributed by atoms with Crippen molar-refractivity contribution in [2.24, 2.45) is 0 Å². The molecule has 1 heterocycles. The zero-order valence-electron chi connectivity index (χ0n) is 4.39. The van der Waals surface area contributed by atoms with Gasteiger partial charge >= 0.3 is 5.69 Å². The van der Waals surface area contributed by atoms with E-state index < -0.39 is 5.69 Å². The Kier molecular flexibility index (Phi) is 1.40. The lowest BCUT2D eigenvalue weighted by Gasteiger charge is -1.88. The van der Waals surface area contributed by atoms with Gasteiger partial charge in [-0.2, -0.15) is 4.98 Å². The van der Waals surface area contributed by atoms with Crippen LogP contribution in [-0.2, 0) is 0 Å². The van der Waals surface area contributed by atoms with E-state index in [0.29, 0.717) is 0 Å². The molecule has 1 aromatic rings. The predicted octanol–water partition coefficient (Wildman–Crippen LogP) is 0.00550. The minimum atomic E-state index is -0.528. The summed E-state index contributed by atoms with van der Waals surface area (Å²) in [6.07, 6.45) is 0. The van der Waals surface area contributed by atoms with E-state index in [9.17, 15) is 4.79 Å². The summed E-state index contributed by atoms with van der Waals surface area (Å²) in [5, 5.41) is 0.201. The monoisotopic (exact) mass is 145 g/mol. The van der Waals surface area contributed by atoms with Crippen molar-refractivity contribution in [1.29, 1.82) is 0 Å². The van der Waals surface area contributed by atoms with E-state index >= 15 is 0 Å². The molecule has 0 amide bonds. The van der Waals surface area contributed by atoms with Gasteiger partial charge in [0.15, 0.2) is 0 Å². The van der Waals surface area contributed by atoms with Gasteiger partial charge in [0.2, 0.25) is 0 Å². The minimum Gasteiger partial charge on any atom is -0.383 e. The van der Waals surface area contributed by atoms with Crippen molar-refractivity contribution in [2.75, 3.05) is 5.73 Å². The second-order valence-corrected chi connectivity index (χ2v) is 1.87. The molecule has 4 nitrogen and oxygen atoms in total. The lowest BCUT2D eigenvalue weighted by molar-refractivity contribution is 1.08. The third-order valence-electron chi connectivity index (χ3n) is 0.732. The number of nitrogen functional groups attached to an aromatic ring is 1. The molecule has 1 rings (SSSR count). The van der Waals surface area contributed by atoms with E-state index in [1.54, 1.807) is 0 Å². The number of H-pyrrole nitrogens is 1. The van der Waals surface area contributed by atoms with Gasteiger partial charge in [-0.05, 0) is 0 Å². The van der Waals surface area contributed by atoms with Crippen LogP contribution < -0.4 is 11.4 Å². The Balaban J connectivity index is 3.33. The number of nitrogens with zero attached hydrogens (tertiary/aromatic N) is 1. The second-order valence-electron chi connectivity index (χ2n) is 1.46. The van der Waals surface area contributed by atoms with Crippen molar-refractivity contribution in [1.82, 2.24) is 9.97 Å². The van der Waals surface area contributed by atoms with Gasteiger partial charge in [0.1, 0.15) is 11.0 Å². The van der Waals surface area contributed by atoms with Crippen molar-refractivity contribution >= 4 is 17.4 Å². The van der Waals surface area contributed by atoms with Gasteiger partial charge in [-0.1, -0.05) is 11.6 Å². The molecule has 9 heavy (non-hydrogen) atoms. The first-order valence-corrected chi connectivity index (χ1v) is 2.58. The van der Waals surface area contributed by atoms with Crippen LogP contribution in [0.4, 0.5) is 5.82 Å². The molecule has 0 aliphatic heterocycles. The number of rotatable bonds is 0. The lowest BCUT2D eigenvalue weighted by Crippen LogP contribution is -2.11. The molecule has 0 radical (unpaired) electrons. The number of halogens is 1. The Hall–Kier alpha value is -1.03. The summed E-state index contributed by atoms with van der Waals surface area (Å²) in [6.45, 7) is 0. The van der Waals surface area contributed by atoms with Gasteiger partial charge in [-0.15, -0.1) is 0 Å². The number of aromatic amines is 1. The smallest absolute Gasteiger partial charge is 0.347 e. The van der Waals surface area contributed by atoms with Crippen LogP contribution in [0.1, 0.15) is 0 Å². The molecule has 0 aromatic carbocycles. The SMILES string of the molecule is Nc1cc(Cl)[nH]c(=O)n1. The van der Waals surface area contributed by atoms with Crippen LogP contribution in [0.15, 0.2) is 10.9 Å². The molecular formula is C4H4ClN3O. The van der Waals surface area contributed by atoms with Crippen LogP contribution in [0.5, 0.6) is 0 Å². The first-order valence-electron chi connectivity index (χ1n) is 2.21. The van der Waals surface area contributed by atoms with Crippen molar-refractivity contribution in [3.05, 3.63) is 21.7 Å². The molecule has 1 aromatic heterocycles. The van der Waals surface area contributed by atoms with Crippen molar-refractivity contribution in [3.8, 4) is 0 Å². The van der Waals surface area contributed by atoms with Crippen molar-refractivity contribution in [2.45, 2.75) is 0 Å². The quantitative estimate of drug-likeness (QED) is 0.505. The molecule has 0 spiro atoms. The number of anilines is 1. The van der Waals surface area contributed by atoms with Gasteiger partial charge in [0, 0.05) is 6.07 Å². The molecule has 0 fully saturated rings. The van der Waals surface area contributed by atoms with Gasteiger partial charge in [0.05, 0.1) is 0 Å². The maximum atomic E-state index is 10.4. The summed E-state index contributed by atoms with van der Waals surface area (Å²) in [5.74, 6) is 0.128. The average Bonchev–Trinajstić information content (AvgIpc) is 1.59. The highest BCUT2D eigenvalue weighted by Crippen LogP contribution is 2.01. The number of hydrogen-bond donors (Lipinski definition) is 2. The number of hydrogen-bond acceptors (Lipinski definition) is 3. The summed E-state index contributed by atoms with van der Waals surface area (Å²) in [5.41, 5.74) is 4.62. The number of aromatic nitrogens is 2. The molecule has 0 atom stereocenters. The molecule has 0 saturated heterocycles. The molecule has 0 unspecified atom stereocenters. The van der Waals surface area contributed by atoms with E-state index in [0.717, 1.165) is 0 Å². The van der Waals surface area contributed by atoms with Crippen LogP contribution in [0.2, 0.25) is 5.15 Å². The van der Waals surface area contributed by atoms with E-state index in [4.69, 9.17) is 17.3 Å². The second kappa shape index (κ2) is 2.06. The van der Waals surface area contributed by atoms with Gasteiger partial charge < -0.3 is 5.73 Å². The predicted molar refractivity (Wildman–Crippen MR) is 34.3 cm³/mol. The Morgan fingerprint density at radius 2 is 2.44 bits per heavy atom. The fourth-order valence-corrected chi connectivity index (χ4v) is 0.638. The number of nitrogens with one attached hydrogen (secondary N) is 1. The van der Waals surface area contributed by atoms with Crippen LogP contribution in [0, 0.1) is 0 Å². The van der Waals surface area contributed by atoms with Crippen LogP contribution in [0.25, 0.3) is 0 Å². The molecule has 5 heteroatoms. The van der Waals surface area contributed by atoms with Gasteiger partial charge in [-0.25, -0.2) is 4.79 Å². The van der Waals surface area contributed by atoms with E-state index in [-0.39, 0.29) is 11.0 Å². The normalized spacial score (nSPS) is 9.44. The van der Waals surface area contributed by atoms with E-state index in [1.165, 1.54) is 6.07 Å². The molecular weight excluding hydrogens is 142 g/mol. The Morgan fingerprint density at radius 1 is 1.78 bits per heavy atom. The lowest BCUT2D eigenvalue weighted by atomic mass is 10.6. The Morgan fingerprint density at radius 3 is 2.89 bits per heavy atom. The highest BCUT2D eigenvalue weighted by atomic mass is 35.5. The molecule has 3 N–H and O–H groups in total. The third kappa shape index (κ3) is 1.43. The first-order chi connectivity index (χ1) is 4.18. The topological polar surface area (TPSA) is 71.8 Å². The molecule has 0 aliphatic rings. The summed E-state index contributed by atoms with van der Waals surface area (Å²) < 4.78 is 0. The van der Waals surface area contributed by atoms with E-state index in [2.05, 4.69) is 9.97 Å². The maximum Gasteiger partial charge on any atom is 0.347 e. The third-order valence-corrected chi connectivity index (χ3v) is 0.935. The molecule has 0 aliphatic carbocycles. The summed E-state index contributed by atoms with van der Waals surface area (Å²) in [6, 6.07) is 1.36. The first kappa shape index (κ1) is 6.10.